The van der Waals surface area contributed by atoms with Crippen LogP contribution >= 0.6 is 11.6 Å². The molecule has 0 saturated carbocycles. The van der Waals surface area contributed by atoms with Gasteiger partial charge in [0.1, 0.15) is 23.9 Å². The Labute approximate surface area is 181 Å². The fourth-order valence-electron chi connectivity index (χ4n) is 3.18. The summed E-state index contributed by atoms with van der Waals surface area (Å²) in [7, 11) is 0. The number of nitro benzene ring substituents is 1. The van der Waals surface area contributed by atoms with Crippen molar-refractivity contribution in [2.45, 2.75) is 13.5 Å². The number of benzene rings is 3. The lowest BCUT2D eigenvalue weighted by Gasteiger charge is -2.11. The summed E-state index contributed by atoms with van der Waals surface area (Å²) in [5, 5.41) is 10.9. The lowest BCUT2D eigenvalue weighted by Crippen LogP contribution is -1.99. The number of halogens is 2. The molecule has 8 heteroatoms. The molecule has 1 aliphatic heterocycles. The average molecular weight is 440 g/mol. The van der Waals surface area contributed by atoms with Crippen LogP contribution in [-0.4, -0.2) is 10.7 Å². The minimum Gasteiger partial charge on any atom is -0.488 e. The number of hydrogen-bond donors (Lipinski definition) is 0. The number of ketones is 1. The molecule has 1 aliphatic rings. The third kappa shape index (κ3) is 4.00. The van der Waals surface area contributed by atoms with Gasteiger partial charge < -0.3 is 9.47 Å². The zero-order chi connectivity index (χ0) is 22.1. The standard InChI is InChI=1S/C23H15ClFNO5/c1-13-20(30-12-14-5-7-15(8-6-14)26(28)29)10-9-16-22(27)21(31-23(13)16)11-17-18(24)3-2-4-19(17)25/h2-11H,12H2,1H3/b21-11-. The molecule has 156 valence electrons. The van der Waals surface area contributed by atoms with Crippen LogP contribution in [0, 0.1) is 22.9 Å². The first-order valence-electron chi connectivity index (χ1n) is 9.23. The van der Waals surface area contributed by atoms with Gasteiger partial charge in [-0.1, -0.05) is 17.7 Å². The number of fused-ring (bicyclic) bond motifs is 1. The molecular formula is C23H15ClFNO5. The van der Waals surface area contributed by atoms with Crippen LogP contribution in [0.25, 0.3) is 6.08 Å². The Kier molecular flexibility index (Phi) is 5.44. The fourth-order valence-corrected chi connectivity index (χ4v) is 3.40. The molecule has 0 spiro atoms. The van der Waals surface area contributed by atoms with Crippen LogP contribution in [0.4, 0.5) is 10.1 Å². The van der Waals surface area contributed by atoms with Crippen molar-refractivity contribution in [1.82, 2.24) is 0 Å². The van der Waals surface area contributed by atoms with Gasteiger partial charge in [-0.25, -0.2) is 4.39 Å². The molecule has 0 aliphatic carbocycles. The van der Waals surface area contributed by atoms with E-state index in [1.165, 1.54) is 36.4 Å². The van der Waals surface area contributed by atoms with Gasteiger partial charge in [-0.2, -0.15) is 0 Å². The van der Waals surface area contributed by atoms with Crippen molar-refractivity contribution in [3.05, 3.63) is 104 Å². The molecule has 1 heterocycles. The third-order valence-electron chi connectivity index (χ3n) is 4.85. The highest BCUT2D eigenvalue weighted by Gasteiger charge is 2.30. The maximum absolute atomic E-state index is 14.1. The Morgan fingerprint density at radius 3 is 2.58 bits per heavy atom. The second-order valence-corrected chi connectivity index (χ2v) is 7.26. The molecule has 0 amide bonds. The normalized spacial score (nSPS) is 13.8. The SMILES string of the molecule is Cc1c(OCc2ccc([N+](=O)[O-])cc2)ccc2c1O/C(=C\c1c(F)cccc1Cl)C2=O. The first-order valence-corrected chi connectivity index (χ1v) is 9.61. The maximum Gasteiger partial charge on any atom is 0.269 e. The monoisotopic (exact) mass is 439 g/mol. The van der Waals surface area contributed by atoms with Crippen molar-refractivity contribution in [2.75, 3.05) is 0 Å². The van der Waals surface area contributed by atoms with Crippen LogP contribution in [0.15, 0.2) is 60.4 Å². The zero-order valence-corrected chi connectivity index (χ0v) is 17.0. The summed E-state index contributed by atoms with van der Waals surface area (Å²) in [6, 6.07) is 13.5. The zero-order valence-electron chi connectivity index (χ0n) is 16.2. The van der Waals surface area contributed by atoms with Gasteiger partial charge in [0.15, 0.2) is 5.76 Å². The smallest absolute Gasteiger partial charge is 0.269 e. The molecule has 0 saturated heterocycles. The largest absolute Gasteiger partial charge is 0.488 e. The predicted molar refractivity (Wildman–Crippen MR) is 113 cm³/mol. The molecule has 0 atom stereocenters. The van der Waals surface area contributed by atoms with Gasteiger partial charge in [-0.3, -0.25) is 14.9 Å². The van der Waals surface area contributed by atoms with E-state index in [4.69, 9.17) is 21.1 Å². The number of nitrogens with zero attached hydrogens (tertiary/aromatic N) is 1. The minimum atomic E-state index is -0.559. The Bertz CT molecular complexity index is 1220. The van der Waals surface area contributed by atoms with Gasteiger partial charge in [-0.05, 0) is 55.0 Å². The summed E-state index contributed by atoms with van der Waals surface area (Å²) < 4.78 is 25.6. The van der Waals surface area contributed by atoms with Crippen molar-refractivity contribution in [3.63, 3.8) is 0 Å². The molecule has 0 unspecified atom stereocenters. The number of carbonyl (C=O) groups excluding carboxylic acids is 1. The number of rotatable bonds is 5. The van der Waals surface area contributed by atoms with Crippen LogP contribution in [0.5, 0.6) is 11.5 Å². The summed E-state index contributed by atoms with van der Waals surface area (Å²) in [6.07, 6.45) is 1.29. The molecule has 4 rings (SSSR count). The summed E-state index contributed by atoms with van der Waals surface area (Å²) in [6.45, 7) is 1.93. The van der Waals surface area contributed by atoms with Crippen molar-refractivity contribution in [1.29, 1.82) is 0 Å². The van der Waals surface area contributed by atoms with E-state index in [-0.39, 0.29) is 34.4 Å². The molecule has 6 nitrogen and oxygen atoms in total. The van der Waals surface area contributed by atoms with E-state index in [0.717, 1.165) is 5.56 Å². The maximum atomic E-state index is 14.1. The quantitative estimate of drug-likeness (QED) is 0.281. The van der Waals surface area contributed by atoms with Crippen LogP contribution in [0.1, 0.15) is 27.0 Å². The van der Waals surface area contributed by atoms with E-state index in [1.54, 1.807) is 31.2 Å². The van der Waals surface area contributed by atoms with Crippen molar-refractivity contribution in [3.8, 4) is 11.5 Å². The number of non-ortho nitro benzene ring substituents is 1. The second-order valence-electron chi connectivity index (χ2n) is 6.85. The van der Waals surface area contributed by atoms with Crippen molar-refractivity contribution < 1.29 is 23.6 Å². The molecule has 0 aromatic heterocycles. The number of hydrogen-bond acceptors (Lipinski definition) is 5. The van der Waals surface area contributed by atoms with Gasteiger partial charge in [0, 0.05) is 23.3 Å². The van der Waals surface area contributed by atoms with Gasteiger partial charge >= 0.3 is 0 Å². The van der Waals surface area contributed by atoms with Gasteiger partial charge in [-0.15, -0.1) is 0 Å². The molecule has 0 N–H and O–H groups in total. The van der Waals surface area contributed by atoms with E-state index in [2.05, 4.69) is 0 Å². The average Bonchev–Trinajstić information content (AvgIpc) is 3.07. The van der Waals surface area contributed by atoms with E-state index in [1.807, 2.05) is 0 Å². The predicted octanol–water partition coefficient (Wildman–Crippen LogP) is 5.89. The molecule has 0 fully saturated rings. The molecule has 3 aromatic carbocycles. The Hall–Kier alpha value is -3.71. The molecule has 3 aromatic rings. The molecule has 0 radical (unpaired) electrons. The highest BCUT2D eigenvalue weighted by Crippen LogP contribution is 2.40. The van der Waals surface area contributed by atoms with Gasteiger partial charge in [0.25, 0.3) is 5.69 Å². The van der Waals surface area contributed by atoms with Crippen LogP contribution in [0.2, 0.25) is 5.02 Å². The van der Waals surface area contributed by atoms with Crippen molar-refractivity contribution in [2.24, 2.45) is 0 Å². The summed E-state index contributed by atoms with van der Waals surface area (Å²) in [4.78, 5) is 23.0. The minimum absolute atomic E-state index is 0.00125. The van der Waals surface area contributed by atoms with Crippen LogP contribution in [0.3, 0.4) is 0 Å². The Balaban J connectivity index is 1.56. The first-order chi connectivity index (χ1) is 14.8. The summed E-state index contributed by atoms with van der Waals surface area (Å²) in [5.41, 5.74) is 1.78. The van der Waals surface area contributed by atoms with Gasteiger partial charge in [0.05, 0.1) is 15.5 Å². The third-order valence-corrected chi connectivity index (χ3v) is 5.18. The second kappa shape index (κ2) is 8.20. The van der Waals surface area contributed by atoms with Crippen molar-refractivity contribution >= 4 is 29.1 Å². The first kappa shape index (κ1) is 20.6. The number of allylic oxidation sites excluding steroid dienone is 1. The van der Waals surface area contributed by atoms with E-state index in [0.29, 0.717) is 22.6 Å². The highest BCUT2D eigenvalue weighted by atomic mass is 35.5. The molecule has 31 heavy (non-hydrogen) atoms. The van der Waals surface area contributed by atoms with E-state index >= 15 is 0 Å². The van der Waals surface area contributed by atoms with Crippen LogP contribution in [-0.2, 0) is 6.61 Å². The Morgan fingerprint density at radius 1 is 1.16 bits per heavy atom. The number of carbonyl (C=O) groups is 1. The number of ether oxygens (including phenoxy) is 2. The highest BCUT2D eigenvalue weighted by molar-refractivity contribution is 6.32. The van der Waals surface area contributed by atoms with Crippen LogP contribution < -0.4 is 9.47 Å². The topological polar surface area (TPSA) is 78.7 Å². The molecular weight excluding hydrogens is 425 g/mol. The van der Waals surface area contributed by atoms with E-state index in [9.17, 15) is 19.3 Å². The summed E-state index contributed by atoms with van der Waals surface area (Å²) >= 11 is 6.04. The summed E-state index contributed by atoms with van der Waals surface area (Å²) in [5.74, 6) is -0.131. The van der Waals surface area contributed by atoms with Gasteiger partial charge in [0.2, 0.25) is 5.78 Å². The number of nitro groups is 1. The molecule has 0 bridgehead atoms. The fraction of sp³-hybridized carbons (Fsp3) is 0.0870. The van der Waals surface area contributed by atoms with E-state index < -0.39 is 10.7 Å². The number of Topliss-reactive ketones (excluding diaryl/α,β-unsaturated/α-hetero) is 1. The lowest BCUT2D eigenvalue weighted by atomic mass is 10.1. The lowest BCUT2D eigenvalue weighted by molar-refractivity contribution is -0.384. The Morgan fingerprint density at radius 2 is 1.90 bits per heavy atom.